The van der Waals surface area contributed by atoms with Crippen molar-refractivity contribution < 1.29 is 28.7 Å². The van der Waals surface area contributed by atoms with Gasteiger partial charge in [-0.05, 0) is 37.5 Å². The van der Waals surface area contributed by atoms with Gasteiger partial charge in [0.1, 0.15) is 6.61 Å². The molecule has 0 aliphatic heterocycles. The summed E-state index contributed by atoms with van der Waals surface area (Å²) in [5, 5.41) is 5.34. The van der Waals surface area contributed by atoms with Crippen LogP contribution in [0.15, 0.2) is 24.5 Å². The molecule has 0 fully saturated rings. The SMILES string of the molecule is CCOC(=O)C(C)CCNC(=O)CCC(=O)OCCNC(=O)CCc1ccncc1. The fourth-order valence-corrected chi connectivity index (χ4v) is 2.46. The molecule has 1 aromatic rings. The van der Waals surface area contributed by atoms with Crippen LogP contribution >= 0.6 is 0 Å². The number of rotatable bonds is 14. The summed E-state index contributed by atoms with van der Waals surface area (Å²) in [5.74, 6) is -1.50. The monoisotopic (exact) mass is 421 g/mol. The minimum Gasteiger partial charge on any atom is -0.466 e. The van der Waals surface area contributed by atoms with E-state index < -0.39 is 5.97 Å². The molecule has 0 aliphatic rings. The molecule has 1 heterocycles. The normalized spacial score (nSPS) is 11.3. The predicted octanol–water partition coefficient (Wildman–Crippen LogP) is 1.16. The number of pyridine rings is 1. The van der Waals surface area contributed by atoms with Gasteiger partial charge in [-0.3, -0.25) is 24.2 Å². The van der Waals surface area contributed by atoms with Crippen LogP contribution in [0, 0.1) is 5.92 Å². The zero-order valence-corrected chi connectivity index (χ0v) is 17.6. The van der Waals surface area contributed by atoms with E-state index in [2.05, 4.69) is 15.6 Å². The number of amides is 2. The number of nitrogens with one attached hydrogen (secondary N) is 2. The Morgan fingerprint density at radius 2 is 1.63 bits per heavy atom. The number of hydrogen-bond acceptors (Lipinski definition) is 7. The van der Waals surface area contributed by atoms with Crippen molar-refractivity contribution in [3.8, 4) is 0 Å². The summed E-state index contributed by atoms with van der Waals surface area (Å²) in [5.41, 5.74) is 1.03. The Morgan fingerprint density at radius 1 is 0.967 bits per heavy atom. The molecule has 9 nitrogen and oxygen atoms in total. The van der Waals surface area contributed by atoms with Gasteiger partial charge in [0.05, 0.1) is 25.5 Å². The zero-order chi connectivity index (χ0) is 22.2. The quantitative estimate of drug-likeness (QED) is 0.341. The minimum absolute atomic E-state index is 0.00487. The van der Waals surface area contributed by atoms with Gasteiger partial charge < -0.3 is 20.1 Å². The van der Waals surface area contributed by atoms with Gasteiger partial charge in [0.15, 0.2) is 0 Å². The Morgan fingerprint density at radius 3 is 2.33 bits per heavy atom. The van der Waals surface area contributed by atoms with Gasteiger partial charge in [0, 0.05) is 31.8 Å². The Bertz CT molecular complexity index is 681. The molecule has 9 heteroatoms. The first-order valence-corrected chi connectivity index (χ1v) is 10.2. The van der Waals surface area contributed by atoms with Gasteiger partial charge >= 0.3 is 11.9 Å². The second kappa shape index (κ2) is 14.9. The topological polar surface area (TPSA) is 124 Å². The highest BCUT2D eigenvalue weighted by Gasteiger charge is 2.14. The van der Waals surface area contributed by atoms with E-state index in [0.29, 0.717) is 32.4 Å². The summed E-state index contributed by atoms with van der Waals surface area (Å²) in [4.78, 5) is 50.6. The summed E-state index contributed by atoms with van der Waals surface area (Å²) in [6, 6.07) is 3.71. The van der Waals surface area contributed by atoms with Gasteiger partial charge in [-0.25, -0.2) is 0 Å². The third kappa shape index (κ3) is 11.8. The lowest BCUT2D eigenvalue weighted by atomic mass is 10.1. The van der Waals surface area contributed by atoms with Crippen LogP contribution in [0.1, 0.15) is 45.1 Å². The second-order valence-electron chi connectivity index (χ2n) is 6.72. The second-order valence-corrected chi connectivity index (χ2v) is 6.72. The van der Waals surface area contributed by atoms with E-state index in [1.54, 1.807) is 26.2 Å². The van der Waals surface area contributed by atoms with Crippen LogP contribution in [-0.4, -0.2) is 55.0 Å². The lowest BCUT2D eigenvalue weighted by Crippen LogP contribution is -2.29. The number of aromatic nitrogens is 1. The van der Waals surface area contributed by atoms with Crippen LogP contribution in [0.5, 0.6) is 0 Å². The van der Waals surface area contributed by atoms with E-state index in [0.717, 1.165) is 5.56 Å². The van der Waals surface area contributed by atoms with Crippen molar-refractivity contribution in [2.45, 2.75) is 46.0 Å². The molecule has 30 heavy (non-hydrogen) atoms. The van der Waals surface area contributed by atoms with Crippen molar-refractivity contribution in [2.75, 3.05) is 26.3 Å². The van der Waals surface area contributed by atoms with Crippen molar-refractivity contribution in [1.29, 1.82) is 0 Å². The smallest absolute Gasteiger partial charge is 0.308 e. The van der Waals surface area contributed by atoms with Crippen molar-refractivity contribution in [3.05, 3.63) is 30.1 Å². The third-order valence-electron chi connectivity index (χ3n) is 4.22. The van der Waals surface area contributed by atoms with Crippen molar-refractivity contribution in [1.82, 2.24) is 15.6 Å². The van der Waals surface area contributed by atoms with Crippen LogP contribution in [0.25, 0.3) is 0 Å². The lowest BCUT2D eigenvalue weighted by molar-refractivity contribution is -0.147. The minimum atomic E-state index is -0.504. The fourth-order valence-electron chi connectivity index (χ4n) is 2.46. The standard InChI is InChI=1S/C21H31N3O6/c1-3-29-21(28)16(2)8-13-23-19(26)6-7-20(27)30-15-14-24-18(25)5-4-17-9-11-22-12-10-17/h9-12,16H,3-8,13-15H2,1-2H3,(H,23,26)(H,24,25). The molecule has 0 spiro atoms. The van der Waals surface area contributed by atoms with Gasteiger partial charge in [-0.1, -0.05) is 6.92 Å². The number of aryl methyl sites for hydroxylation is 1. The van der Waals surface area contributed by atoms with Crippen LogP contribution in [0.4, 0.5) is 0 Å². The van der Waals surface area contributed by atoms with Gasteiger partial charge in [-0.15, -0.1) is 0 Å². The zero-order valence-electron chi connectivity index (χ0n) is 17.6. The highest BCUT2D eigenvalue weighted by Crippen LogP contribution is 2.04. The summed E-state index contributed by atoms with van der Waals surface area (Å²) in [6.07, 6.45) is 4.73. The summed E-state index contributed by atoms with van der Waals surface area (Å²) >= 11 is 0. The van der Waals surface area contributed by atoms with E-state index in [4.69, 9.17) is 9.47 Å². The predicted molar refractivity (Wildman–Crippen MR) is 109 cm³/mol. The number of carbonyl (C=O) groups is 4. The van der Waals surface area contributed by atoms with Crippen LogP contribution in [0.3, 0.4) is 0 Å². The molecule has 1 unspecified atom stereocenters. The van der Waals surface area contributed by atoms with Crippen LogP contribution < -0.4 is 10.6 Å². The molecule has 166 valence electrons. The molecule has 2 amide bonds. The van der Waals surface area contributed by atoms with Crippen LogP contribution in [-0.2, 0) is 35.1 Å². The van der Waals surface area contributed by atoms with E-state index >= 15 is 0 Å². The fraction of sp³-hybridized carbons (Fsp3) is 0.571. The third-order valence-corrected chi connectivity index (χ3v) is 4.22. The molecule has 1 rings (SSSR count). The van der Waals surface area contributed by atoms with Crippen molar-refractivity contribution in [3.63, 3.8) is 0 Å². The molecule has 0 saturated carbocycles. The van der Waals surface area contributed by atoms with Crippen molar-refractivity contribution in [2.24, 2.45) is 5.92 Å². The largest absolute Gasteiger partial charge is 0.466 e. The molecule has 1 atom stereocenters. The number of hydrogen-bond donors (Lipinski definition) is 2. The maximum absolute atomic E-state index is 11.8. The summed E-state index contributed by atoms with van der Waals surface area (Å²) < 4.78 is 9.90. The Hall–Kier alpha value is -2.97. The van der Waals surface area contributed by atoms with E-state index in [1.165, 1.54) is 0 Å². The maximum atomic E-state index is 11.8. The molecular formula is C21H31N3O6. The Balaban J connectivity index is 2.03. The number of carbonyl (C=O) groups excluding carboxylic acids is 4. The molecule has 0 bridgehead atoms. The van der Waals surface area contributed by atoms with Gasteiger partial charge in [-0.2, -0.15) is 0 Å². The summed E-state index contributed by atoms with van der Waals surface area (Å²) in [6.45, 7) is 4.41. The number of esters is 2. The van der Waals surface area contributed by atoms with Crippen LogP contribution in [0.2, 0.25) is 0 Å². The highest BCUT2D eigenvalue weighted by atomic mass is 16.5. The average molecular weight is 421 g/mol. The number of nitrogens with zero attached hydrogens (tertiary/aromatic N) is 1. The Labute approximate surface area is 176 Å². The molecular weight excluding hydrogens is 390 g/mol. The number of ether oxygens (including phenoxy) is 2. The van der Waals surface area contributed by atoms with Gasteiger partial charge in [0.2, 0.25) is 11.8 Å². The first-order chi connectivity index (χ1) is 14.4. The molecule has 0 radical (unpaired) electrons. The first kappa shape index (κ1) is 25.1. The highest BCUT2D eigenvalue weighted by molar-refractivity contribution is 5.81. The molecule has 0 saturated heterocycles. The molecule has 2 N–H and O–H groups in total. The van der Waals surface area contributed by atoms with E-state index in [9.17, 15) is 19.2 Å². The summed E-state index contributed by atoms with van der Waals surface area (Å²) in [7, 11) is 0. The van der Waals surface area contributed by atoms with E-state index in [-0.39, 0.29) is 49.7 Å². The molecule has 0 aliphatic carbocycles. The van der Waals surface area contributed by atoms with Crippen molar-refractivity contribution >= 4 is 23.8 Å². The average Bonchev–Trinajstić information content (AvgIpc) is 2.74. The first-order valence-electron chi connectivity index (χ1n) is 10.2. The van der Waals surface area contributed by atoms with E-state index in [1.807, 2.05) is 12.1 Å². The Kier molecular flexibility index (Phi) is 12.5. The lowest BCUT2D eigenvalue weighted by Gasteiger charge is -2.11. The van der Waals surface area contributed by atoms with Gasteiger partial charge in [0.25, 0.3) is 0 Å². The maximum Gasteiger partial charge on any atom is 0.308 e. The molecule has 0 aromatic carbocycles. The molecule has 1 aromatic heterocycles.